The number of ether oxygens (including phenoxy) is 1. The van der Waals surface area contributed by atoms with Crippen LogP contribution in [0.5, 0.6) is 5.75 Å². The fourth-order valence-electron chi connectivity index (χ4n) is 3.01. The molecule has 0 aromatic heterocycles. The Morgan fingerprint density at radius 2 is 1.68 bits per heavy atom. The lowest BCUT2D eigenvalue weighted by atomic mass is 9.85. The maximum absolute atomic E-state index is 12.1. The maximum Gasteiger partial charge on any atom is 0.315 e. The summed E-state index contributed by atoms with van der Waals surface area (Å²) in [6.45, 7) is 3.35. The monoisotopic (exact) mass is 381 g/mol. The van der Waals surface area contributed by atoms with Gasteiger partial charge in [-0.3, -0.25) is 4.79 Å². The van der Waals surface area contributed by atoms with E-state index in [1.807, 2.05) is 55.5 Å². The highest BCUT2D eigenvalue weighted by Crippen LogP contribution is 2.27. The van der Waals surface area contributed by atoms with E-state index in [2.05, 4.69) is 16.0 Å². The number of anilines is 1. The summed E-state index contributed by atoms with van der Waals surface area (Å²) in [5.74, 6) is 1.03. The first-order valence-electron chi connectivity index (χ1n) is 9.77. The van der Waals surface area contributed by atoms with E-state index in [0.717, 1.165) is 41.8 Å². The second kappa shape index (κ2) is 9.78. The van der Waals surface area contributed by atoms with Crippen LogP contribution in [-0.4, -0.2) is 18.5 Å². The third-order valence-corrected chi connectivity index (χ3v) is 4.79. The van der Waals surface area contributed by atoms with Gasteiger partial charge in [-0.1, -0.05) is 30.7 Å². The second-order valence-electron chi connectivity index (χ2n) is 6.93. The van der Waals surface area contributed by atoms with Gasteiger partial charge >= 0.3 is 6.03 Å². The van der Waals surface area contributed by atoms with E-state index < -0.39 is 0 Å². The fraction of sp³-hybridized carbons (Fsp3) is 0.364. The molecule has 0 saturated heterocycles. The predicted molar refractivity (Wildman–Crippen MR) is 109 cm³/mol. The van der Waals surface area contributed by atoms with Crippen molar-refractivity contribution < 1.29 is 14.3 Å². The van der Waals surface area contributed by atoms with Crippen LogP contribution >= 0.6 is 0 Å². The molecule has 0 atom stereocenters. The molecule has 148 valence electrons. The SMILES string of the molecule is CCOc1cccc(CNC(=O)NCc2cccc(NC(=O)C3CCC3)c2)c1. The molecular weight excluding hydrogens is 354 g/mol. The highest BCUT2D eigenvalue weighted by Gasteiger charge is 2.25. The van der Waals surface area contributed by atoms with Crippen LogP contribution in [0.2, 0.25) is 0 Å². The zero-order chi connectivity index (χ0) is 19.8. The maximum atomic E-state index is 12.1. The fourth-order valence-corrected chi connectivity index (χ4v) is 3.01. The molecule has 0 radical (unpaired) electrons. The molecule has 2 aromatic carbocycles. The number of rotatable bonds is 8. The molecule has 0 bridgehead atoms. The first-order chi connectivity index (χ1) is 13.6. The van der Waals surface area contributed by atoms with Crippen LogP contribution in [-0.2, 0) is 17.9 Å². The Balaban J connectivity index is 1.44. The average Bonchev–Trinajstić information content (AvgIpc) is 2.64. The van der Waals surface area contributed by atoms with Crippen molar-refractivity contribution in [3.63, 3.8) is 0 Å². The third kappa shape index (κ3) is 5.74. The largest absolute Gasteiger partial charge is 0.494 e. The zero-order valence-corrected chi connectivity index (χ0v) is 16.2. The first kappa shape index (κ1) is 19.7. The molecule has 1 aliphatic carbocycles. The van der Waals surface area contributed by atoms with Gasteiger partial charge in [-0.15, -0.1) is 0 Å². The standard InChI is InChI=1S/C22H27N3O3/c1-2-28-20-11-4-7-17(13-20)15-24-22(27)23-14-16-6-3-10-19(12-16)25-21(26)18-8-5-9-18/h3-4,6-7,10-13,18H,2,5,8-9,14-15H2,1H3,(H,25,26)(H2,23,24,27). The Morgan fingerprint density at radius 1 is 1.00 bits per heavy atom. The minimum absolute atomic E-state index is 0.0865. The number of carbonyl (C=O) groups excluding carboxylic acids is 2. The van der Waals surface area contributed by atoms with Gasteiger partial charge in [0.05, 0.1) is 6.61 Å². The Hall–Kier alpha value is -3.02. The molecule has 0 heterocycles. The van der Waals surface area contributed by atoms with Crippen molar-refractivity contribution >= 4 is 17.6 Å². The van der Waals surface area contributed by atoms with Crippen molar-refractivity contribution in [2.45, 2.75) is 39.3 Å². The van der Waals surface area contributed by atoms with Gasteiger partial charge in [0.1, 0.15) is 5.75 Å². The van der Waals surface area contributed by atoms with Gasteiger partial charge < -0.3 is 20.7 Å². The zero-order valence-electron chi connectivity index (χ0n) is 16.2. The number of benzene rings is 2. The Bertz CT molecular complexity index is 818. The Kier molecular flexibility index (Phi) is 6.89. The lowest BCUT2D eigenvalue weighted by Gasteiger charge is -2.24. The molecule has 0 spiro atoms. The van der Waals surface area contributed by atoms with Gasteiger partial charge in [-0.25, -0.2) is 4.79 Å². The summed E-state index contributed by atoms with van der Waals surface area (Å²) in [6.07, 6.45) is 3.08. The molecule has 3 rings (SSSR count). The quantitative estimate of drug-likeness (QED) is 0.650. The van der Waals surface area contributed by atoms with E-state index in [4.69, 9.17) is 4.74 Å². The topological polar surface area (TPSA) is 79.5 Å². The highest BCUT2D eigenvalue weighted by atomic mass is 16.5. The number of hydrogen-bond acceptors (Lipinski definition) is 3. The van der Waals surface area contributed by atoms with Crippen LogP contribution in [0.15, 0.2) is 48.5 Å². The number of amides is 3. The minimum atomic E-state index is -0.245. The van der Waals surface area contributed by atoms with Crippen LogP contribution in [0.3, 0.4) is 0 Å². The molecule has 3 N–H and O–H groups in total. The van der Waals surface area contributed by atoms with E-state index >= 15 is 0 Å². The van der Waals surface area contributed by atoms with Crippen LogP contribution in [0, 0.1) is 5.92 Å². The van der Waals surface area contributed by atoms with Crippen LogP contribution in [0.1, 0.15) is 37.3 Å². The molecule has 1 saturated carbocycles. The third-order valence-electron chi connectivity index (χ3n) is 4.79. The van der Waals surface area contributed by atoms with E-state index in [1.165, 1.54) is 0 Å². The molecule has 2 aromatic rings. The summed E-state index contributed by atoms with van der Waals surface area (Å²) in [5, 5.41) is 8.64. The molecule has 0 unspecified atom stereocenters. The van der Waals surface area contributed by atoms with E-state index in [-0.39, 0.29) is 17.9 Å². The molecule has 28 heavy (non-hydrogen) atoms. The molecule has 0 aliphatic heterocycles. The molecule has 6 heteroatoms. The summed E-state index contributed by atoms with van der Waals surface area (Å²) in [5.41, 5.74) is 2.67. The van der Waals surface area contributed by atoms with Gasteiger partial charge in [0.25, 0.3) is 0 Å². The lowest BCUT2D eigenvalue weighted by molar-refractivity contribution is -0.122. The van der Waals surface area contributed by atoms with Crippen molar-refractivity contribution in [2.75, 3.05) is 11.9 Å². The van der Waals surface area contributed by atoms with E-state index in [9.17, 15) is 9.59 Å². The van der Waals surface area contributed by atoms with Crippen LogP contribution < -0.4 is 20.7 Å². The summed E-state index contributed by atoms with van der Waals surface area (Å²) in [7, 11) is 0. The summed E-state index contributed by atoms with van der Waals surface area (Å²) in [6, 6.07) is 15.0. The van der Waals surface area contributed by atoms with Gasteiger partial charge in [0, 0.05) is 24.7 Å². The van der Waals surface area contributed by atoms with Gasteiger partial charge in [-0.05, 0) is 55.2 Å². The minimum Gasteiger partial charge on any atom is -0.494 e. The summed E-state index contributed by atoms with van der Waals surface area (Å²) >= 11 is 0. The van der Waals surface area contributed by atoms with Gasteiger partial charge in [-0.2, -0.15) is 0 Å². The average molecular weight is 381 g/mol. The Morgan fingerprint density at radius 3 is 2.32 bits per heavy atom. The normalized spacial score (nSPS) is 13.3. The van der Waals surface area contributed by atoms with Crippen molar-refractivity contribution in [1.29, 1.82) is 0 Å². The van der Waals surface area contributed by atoms with Crippen LogP contribution in [0.25, 0.3) is 0 Å². The van der Waals surface area contributed by atoms with E-state index in [1.54, 1.807) is 0 Å². The van der Waals surface area contributed by atoms with Gasteiger partial charge in [0.2, 0.25) is 5.91 Å². The molecule has 1 aliphatic rings. The highest BCUT2D eigenvalue weighted by molar-refractivity contribution is 5.93. The number of urea groups is 1. The summed E-state index contributed by atoms with van der Waals surface area (Å²) < 4.78 is 5.46. The first-order valence-corrected chi connectivity index (χ1v) is 9.77. The number of nitrogens with one attached hydrogen (secondary N) is 3. The Labute approximate surface area is 165 Å². The van der Waals surface area contributed by atoms with Crippen molar-refractivity contribution in [2.24, 2.45) is 5.92 Å². The van der Waals surface area contributed by atoms with Crippen LogP contribution in [0.4, 0.5) is 10.5 Å². The second-order valence-corrected chi connectivity index (χ2v) is 6.93. The van der Waals surface area contributed by atoms with E-state index in [0.29, 0.717) is 19.7 Å². The molecular formula is C22H27N3O3. The summed E-state index contributed by atoms with van der Waals surface area (Å²) in [4.78, 5) is 24.1. The van der Waals surface area contributed by atoms with Crippen molar-refractivity contribution in [3.05, 3.63) is 59.7 Å². The predicted octanol–water partition coefficient (Wildman–Crippen LogP) is 3.82. The van der Waals surface area contributed by atoms with Gasteiger partial charge in [0.15, 0.2) is 0 Å². The lowest BCUT2D eigenvalue weighted by Crippen LogP contribution is -2.34. The molecule has 3 amide bonds. The van der Waals surface area contributed by atoms with Crippen molar-refractivity contribution in [1.82, 2.24) is 10.6 Å². The molecule has 1 fully saturated rings. The molecule has 6 nitrogen and oxygen atoms in total. The smallest absolute Gasteiger partial charge is 0.315 e. The van der Waals surface area contributed by atoms with Crippen molar-refractivity contribution in [3.8, 4) is 5.75 Å². The number of carbonyl (C=O) groups is 2. The number of hydrogen-bond donors (Lipinski definition) is 3.